The van der Waals surface area contributed by atoms with E-state index in [2.05, 4.69) is 20.0 Å². The molecule has 1 aromatic heterocycles. The van der Waals surface area contributed by atoms with E-state index >= 15 is 0 Å². The first-order valence-electron chi connectivity index (χ1n) is 6.52. The molecule has 1 fully saturated rings. The second-order valence-corrected chi connectivity index (χ2v) is 4.70. The SMILES string of the molecule is O=C1NCCCN1c1ccc(-c2noc(C(F)(F)F)n2)cc1. The average molecular weight is 312 g/mol. The van der Waals surface area contributed by atoms with E-state index in [-0.39, 0.29) is 11.9 Å². The summed E-state index contributed by atoms with van der Waals surface area (Å²) in [6.45, 7) is 1.22. The Hall–Kier alpha value is -2.58. The Morgan fingerprint density at radius 3 is 2.55 bits per heavy atom. The molecule has 6 nitrogen and oxygen atoms in total. The zero-order valence-corrected chi connectivity index (χ0v) is 11.2. The molecule has 0 unspecified atom stereocenters. The van der Waals surface area contributed by atoms with Gasteiger partial charge in [0.25, 0.3) is 0 Å². The Morgan fingerprint density at radius 2 is 1.95 bits per heavy atom. The first-order valence-corrected chi connectivity index (χ1v) is 6.52. The standard InChI is InChI=1S/C13H11F3N4O2/c14-13(15,16)11-18-10(19-22-11)8-2-4-9(5-3-8)20-7-1-6-17-12(20)21/h2-5H,1,6-7H2,(H,17,21). The van der Waals surface area contributed by atoms with Gasteiger partial charge in [-0.3, -0.25) is 4.90 Å². The van der Waals surface area contributed by atoms with E-state index in [1.165, 1.54) is 0 Å². The number of halogens is 3. The number of hydrogen-bond donors (Lipinski definition) is 1. The summed E-state index contributed by atoms with van der Waals surface area (Å²) in [4.78, 5) is 16.6. The van der Waals surface area contributed by atoms with Crippen molar-refractivity contribution in [2.24, 2.45) is 0 Å². The average Bonchev–Trinajstić information content (AvgIpc) is 2.98. The minimum atomic E-state index is -4.67. The van der Waals surface area contributed by atoms with Gasteiger partial charge in [-0.05, 0) is 30.7 Å². The van der Waals surface area contributed by atoms with Crippen LogP contribution in [0.25, 0.3) is 11.4 Å². The van der Waals surface area contributed by atoms with Crippen LogP contribution in [0.5, 0.6) is 0 Å². The molecular weight excluding hydrogens is 301 g/mol. The van der Waals surface area contributed by atoms with Crippen molar-refractivity contribution in [2.45, 2.75) is 12.6 Å². The summed E-state index contributed by atoms with van der Waals surface area (Å²) in [5.41, 5.74) is 1.03. The highest BCUT2D eigenvalue weighted by Gasteiger charge is 2.38. The number of nitrogens with zero attached hydrogens (tertiary/aromatic N) is 3. The molecule has 1 aliphatic rings. The third-order valence-electron chi connectivity index (χ3n) is 3.19. The lowest BCUT2D eigenvalue weighted by molar-refractivity contribution is -0.159. The number of aromatic nitrogens is 2. The van der Waals surface area contributed by atoms with Crippen molar-refractivity contribution in [1.82, 2.24) is 15.5 Å². The van der Waals surface area contributed by atoms with Crippen LogP contribution in [-0.4, -0.2) is 29.3 Å². The van der Waals surface area contributed by atoms with Crippen LogP contribution in [-0.2, 0) is 6.18 Å². The van der Waals surface area contributed by atoms with Gasteiger partial charge < -0.3 is 9.84 Å². The maximum atomic E-state index is 12.4. The molecular formula is C13H11F3N4O2. The molecule has 0 bridgehead atoms. The summed E-state index contributed by atoms with van der Waals surface area (Å²) in [5.74, 6) is -1.54. The third-order valence-corrected chi connectivity index (χ3v) is 3.19. The number of benzene rings is 1. The molecule has 22 heavy (non-hydrogen) atoms. The molecule has 0 radical (unpaired) electrons. The van der Waals surface area contributed by atoms with E-state index in [1.54, 1.807) is 29.2 Å². The van der Waals surface area contributed by atoms with E-state index in [9.17, 15) is 18.0 Å². The van der Waals surface area contributed by atoms with E-state index in [1.807, 2.05) is 0 Å². The van der Waals surface area contributed by atoms with Gasteiger partial charge in [0.15, 0.2) is 0 Å². The largest absolute Gasteiger partial charge is 0.471 e. The first kappa shape index (κ1) is 14.4. The molecule has 0 spiro atoms. The molecule has 2 aromatic rings. The summed E-state index contributed by atoms with van der Waals surface area (Å²) in [6, 6.07) is 6.15. The number of nitrogens with one attached hydrogen (secondary N) is 1. The van der Waals surface area contributed by atoms with Crippen LogP contribution in [0.3, 0.4) is 0 Å². The molecule has 2 amide bonds. The molecule has 0 atom stereocenters. The number of rotatable bonds is 2. The highest BCUT2D eigenvalue weighted by atomic mass is 19.4. The molecule has 1 saturated heterocycles. The minimum Gasteiger partial charge on any atom is -0.338 e. The highest BCUT2D eigenvalue weighted by Crippen LogP contribution is 2.30. The highest BCUT2D eigenvalue weighted by molar-refractivity contribution is 5.92. The summed E-state index contributed by atoms with van der Waals surface area (Å²) < 4.78 is 41.4. The molecule has 2 heterocycles. The van der Waals surface area contributed by atoms with E-state index in [4.69, 9.17) is 0 Å². The second kappa shape index (κ2) is 5.32. The molecule has 1 aliphatic heterocycles. The molecule has 1 aromatic carbocycles. The van der Waals surface area contributed by atoms with Crippen molar-refractivity contribution in [3.63, 3.8) is 0 Å². The Morgan fingerprint density at radius 1 is 1.23 bits per heavy atom. The van der Waals surface area contributed by atoms with Crippen molar-refractivity contribution in [3.05, 3.63) is 30.2 Å². The van der Waals surface area contributed by atoms with Crippen LogP contribution in [0.15, 0.2) is 28.8 Å². The third kappa shape index (κ3) is 2.74. The molecule has 3 rings (SSSR count). The van der Waals surface area contributed by atoms with E-state index in [0.29, 0.717) is 24.3 Å². The fourth-order valence-electron chi connectivity index (χ4n) is 2.12. The van der Waals surface area contributed by atoms with Crippen LogP contribution in [0.2, 0.25) is 0 Å². The van der Waals surface area contributed by atoms with Gasteiger partial charge in [0.1, 0.15) is 0 Å². The Kier molecular flexibility index (Phi) is 3.47. The molecule has 1 N–H and O–H groups in total. The number of carbonyl (C=O) groups excluding carboxylic acids is 1. The predicted octanol–water partition coefficient (Wildman–Crippen LogP) is 2.68. The number of amides is 2. The van der Waals surface area contributed by atoms with Gasteiger partial charge >= 0.3 is 18.1 Å². The van der Waals surface area contributed by atoms with Gasteiger partial charge in [-0.25, -0.2) is 4.79 Å². The van der Waals surface area contributed by atoms with Crippen molar-refractivity contribution in [2.75, 3.05) is 18.0 Å². The second-order valence-electron chi connectivity index (χ2n) is 4.70. The van der Waals surface area contributed by atoms with Gasteiger partial charge in [0, 0.05) is 24.3 Å². The van der Waals surface area contributed by atoms with Crippen molar-refractivity contribution in [3.8, 4) is 11.4 Å². The maximum absolute atomic E-state index is 12.4. The summed E-state index contributed by atoms with van der Waals surface area (Å²) in [5, 5.41) is 6.03. The predicted molar refractivity (Wildman–Crippen MR) is 70.1 cm³/mol. The van der Waals surface area contributed by atoms with Crippen LogP contribution < -0.4 is 10.2 Å². The van der Waals surface area contributed by atoms with Crippen LogP contribution in [0.4, 0.5) is 23.7 Å². The zero-order valence-electron chi connectivity index (χ0n) is 11.2. The Bertz CT molecular complexity index is 681. The number of anilines is 1. The van der Waals surface area contributed by atoms with Gasteiger partial charge in [0.2, 0.25) is 5.82 Å². The number of carbonyl (C=O) groups is 1. The molecule has 9 heteroatoms. The van der Waals surface area contributed by atoms with Gasteiger partial charge in [-0.15, -0.1) is 0 Å². The fourth-order valence-corrected chi connectivity index (χ4v) is 2.12. The quantitative estimate of drug-likeness (QED) is 0.925. The van der Waals surface area contributed by atoms with Crippen molar-refractivity contribution in [1.29, 1.82) is 0 Å². The summed E-state index contributed by atoms with van der Waals surface area (Å²) in [7, 11) is 0. The maximum Gasteiger partial charge on any atom is 0.471 e. The Balaban J connectivity index is 1.82. The number of hydrogen-bond acceptors (Lipinski definition) is 4. The first-order chi connectivity index (χ1) is 10.4. The van der Waals surface area contributed by atoms with Crippen molar-refractivity contribution < 1.29 is 22.5 Å². The monoisotopic (exact) mass is 312 g/mol. The molecule has 116 valence electrons. The molecule has 0 aliphatic carbocycles. The van der Waals surface area contributed by atoms with Crippen LogP contribution in [0, 0.1) is 0 Å². The normalized spacial score (nSPS) is 15.8. The smallest absolute Gasteiger partial charge is 0.338 e. The summed E-state index contributed by atoms with van der Waals surface area (Å²) >= 11 is 0. The molecule has 0 saturated carbocycles. The fraction of sp³-hybridized carbons (Fsp3) is 0.308. The van der Waals surface area contributed by atoms with Gasteiger partial charge in [-0.1, -0.05) is 5.16 Å². The topological polar surface area (TPSA) is 71.3 Å². The lowest BCUT2D eigenvalue weighted by Crippen LogP contribution is -2.46. The Labute approximate surface area is 122 Å². The lowest BCUT2D eigenvalue weighted by Gasteiger charge is -2.27. The van der Waals surface area contributed by atoms with Crippen LogP contribution in [0.1, 0.15) is 12.3 Å². The number of urea groups is 1. The summed E-state index contributed by atoms with van der Waals surface area (Å²) in [6.07, 6.45) is -3.84. The zero-order chi connectivity index (χ0) is 15.7. The van der Waals surface area contributed by atoms with E-state index < -0.39 is 12.1 Å². The van der Waals surface area contributed by atoms with E-state index in [0.717, 1.165) is 6.42 Å². The van der Waals surface area contributed by atoms with Gasteiger partial charge in [0.05, 0.1) is 0 Å². The van der Waals surface area contributed by atoms with Crippen molar-refractivity contribution >= 4 is 11.7 Å². The van der Waals surface area contributed by atoms with Crippen LogP contribution >= 0.6 is 0 Å². The minimum absolute atomic E-state index is 0.151. The number of alkyl halides is 3. The van der Waals surface area contributed by atoms with Gasteiger partial charge in [-0.2, -0.15) is 18.2 Å². The lowest BCUT2D eigenvalue weighted by atomic mass is 10.1.